The molecule has 4 nitrogen and oxygen atoms in total. The highest BCUT2D eigenvalue weighted by Crippen LogP contribution is 2.42. The van der Waals surface area contributed by atoms with E-state index in [0.29, 0.717) is 0 Å². The largest absolute Gasteiger partial charge is 0.464 e. The first-order valence-electron chi connectivity index (χ1n) is 7.68. The Hall–Kier alpha value is -2.46. The maximum Gasteiger partial charge on any atom is 0.343 e. The molecule has 118 valence electrons. The quantitative estimate of drug-likeness (QED) is 0.643. The fraction of sp³-hybridized carbons (Fsp3) is 0.263. The van der Waals surface area contributed by atoms with E-state index in [-0.39, 0.29) is 12.4 Å². The van der Waals surface area contributed by atoms with Crippen LogP contribution in [0.15, 0.2) is 60.7 Å². The van der Waals surface area contributed by atoms with Gasteiger partial charge in [-0.2, -0.15) is 0 Å². The third kappa shape index (κ3) is 3.03. The van der Waals surface area contributed by atoms with Gasteiger partial charge in [0, 0.05) is 0 Å². The van der Waals surface area contributed by atoms with Crippen molar-refractivity contribution in [3.8, 4) is 0 Å². The van der Waals surface area contributed by atoms with E-state index in [4.69, 9.17) is 9.47 Å². The zero-order valence-electron chi connectivity index (χ0n) is 12.8. The summed E-state index contributed by atoms with van der Waals surface area (Å²) in [5.74, 6) is -1.37. The third-order valence-corrected chi connectivity index (χ3v) is 3.94. The van der Waals surface area contributed by atoms with Crippen LogP contribution in [0.4, 0.5) is 0 Å². The summed E-state index contributed by atoms with van der Waals surface area (Å²) < 4.78 is 10.8. The van der Waals surface area contributed by atoms with Gasteiger partial charge >= 0.3 is 5.97 Å². The minimum Gasteiger partial charge on any atom is -0.464 e. The van der Waals surface area contributed by atoms with Crippen molar-refractivity contribution in [2.75, 3.05) is 6.61 Å². The Bertz CT molecular complexity index is 681. The average Bonchev–Trinajstić information content (AvgIpc) is 2.94. The van der Waals surface area contributed by atoms with E-state index in [9.17, 15) is 9.59 Å². The average molecular weight is 310 g/mol. The Balaban J connectivity index is 1.98. The van der Waals surface area contributed by atoms with Gasteiger partial charge in [0.15, 0.2) is 5.78 Å². The van der Waals surface area contributed by atoms with Crippen LogP contribution in [0.3, 0.4) is 0 Å². The Morgan fingerprint density at radius 1 is 1.00 bits per heavy atom. The molecule has 23 heavy (non-hydrogen) atoms. The Morgan fingerprint density at radius 3 is 2.13 bits per heavy atom. The topological polar surface area (TPSA) is 52.6 Å². The molecule has 1 aliphatic rings. The monoisotopic (exact) mass is 310 g/mol. The number of hydrogen-bond acceptors (Lipinski definition) is 4. The smallest absolute Gasteiger partial charge is 0.343 e. The SMILES string of the molecule is CCOC(=O)[C@H]1O[C@H](c2ccccc2)[C@H](c2ccccc2)C1=O. The highest BCUT2D eigenvalue weighted by Gasteiger charge is 2.48. The second-order valence-corrected chi connectivity index (χ2v) is 5.39. The van der Waals surface area contributed by atoms with Gasteiger partial charge in [-0.05, 0) is 18.1 Å². The maximum absolute atomic E-state index is 12.8. The molecule has 4 heteroatoms. The fourth-order valence-electron chi connectivity index (χ4n) is 2.91. The zero-order valence-corrected chi connectivity index (χ0v) is 12.8. The van der Waals surface area contributed by atoms with Crippen molar-refractivity contribution in [3.05, 3.63) is 71.8 Å². The van der Waals surface area contributed by atoms with E-state index in [1.807, 2.05) is 60.7 Å². The van der Waals surface area contributed by atoms with E-state index in [2.05, 4.69) is 0 Å². The Kier molecular flexibility index (Phi) is 4.53. The van der Waals surface area contributed by atoms with Crippen molar-refractivity contribution in [2.45, 2.75) is 25.0 Å². The molecule has 0 N–H and O–H groups in total. The molecule has 0 amide bonds. The lowest BCUT2D eigenvalue weighted by Gasteiger charge is -2.17. The first-order chi connectivity index (χ1) is 11.2. The Labute approximate surface area is 135 Å². The minimum atomic E-state index is -1.16. The molecule has 3 rings (SSSR count). The van der Waals surface area contributed by atoms with Crippen molar-refractivity contribution in [3.63, 3.8) is 0 Å². The third-order valence-electron chi connectivity index (χ3n) is 3.94. The normalized spacial score (nSPS) is 23.7. The van der Waals surface area contributed by atoms with Crippen molar-refractivity contribution < 1.29 is 19.1 Å². The molecule has 1 aliphatic heterocycles. The van der Waals surface area contributed by atoms with Crippen LogP contribution < -0.4 is 0 Å². The molecule has 0 unspecified atom stereocenters. The van der Waals surface area contributed by atoms with Crippen LogP contribution in [0.5, 0.6) is 0 Å². The lowest BCUT2D eigenvalue weighted by Crippen LogP contribution is -2.30. The number of benzene rings is 2. The second-order valence-electron chi connectivity index (χ2n) is 5.39. The second kappa shape index (κ2) is 6.75. The molecule has 1 saturated heterocycles. The number of ether oxygens (including phenoxy) is 2. The number of carbonyl (C=O) groups is 2. The lowest BCUT2D eigenvalue weighted by atomic mass is 9.87. The molecule has 3 atom stereocenters. The highest BCUT2D eigenvalue weighted by atomic mass is 16.6. The van der Waals surface area contributed by atoms with E-state index >= 15 is 0 Å². The van der Waals surface area contributed by atoms with Gasteiger partial charge in [0.2, 0.25) is 6.10 Å². The van der Waals surface area contributed by atoms with Crippen LogP contribution >= 0.6 is 0 Å². The zero-order chi connectivity index (χ0) is 16.2. The molecular formula is C19H18O4. The van der Waals surface area contributed by atoms with Crippen molar-refractivity contribution in [1.29, 1.82) is 0 Å². The molecule has 1 fully saturated rings. The fourth-order valence-corrected chi connectivity index (χ4v) is 2.91. The molecule has 0 bridgehead atoms. The van der Waals surface area contributed by atoms with Crippen LogP contribution in [0.25, 0.3) is 0 Å². The summed E-state index contributed by atoms with van der Waals surface area (Å²) in [6.07, 6.45) is -1.65. The molecular weight excluding hydrogens is 292 g/mol. The van der Waals surface area contributed by atoms with Gasteiger partial charge in [-0.25, -0.2) is 4.79 Å². The summed E-state index contributed by atoms with van der Waals surface area (Å²) in [5.41, 5.74) is 1.72. The summed E-state index contributed by atoms with van der Waals surface area (Å²) in [7, 11) is 0. The number of rotatable bonds is 4. The van der Waals surface area contributed by atoms with E-state index in [1.54, 1.807) is 6.92 Å². The van der Waals surface area contributed by atoms with Crippen molar-refractivity contribution in [2.24, 2.45) is 0 Å². The summed E-state index contributed by atoms with van der Waals surface area (Å²) in [5, 5.41) is 0. The summed E-state index contributed by atoms with van der Waals surface area (Å²) >= 11 is 0. The number of hydrogen-bond donors (Lipinski definition) is 0. The number of esters is 1. The van der Waals surface area contributed by atoms with Crippen LogP contribution in [0.1, 0.15) is 30.1 Å². The maximum atomic E-state index is 12.8. The van der Waals surface area contributed by atoms with E-state index in [1.165, 1.54) is 0 Å². The molecule has 2 aromatic rings. The molecule has 0 saturated carbocycles. The van der Waals surface area contributed by atoms with Crippen LogP contribution in [0, 0.1) is 0 Å². The molecule has 1 heterocycles. The Morgan fingerprint density at radius 2 is 1.57 bits per heavy atom. The summed E-state index contributed by atoms with van der Waals surface area (Å²) in [4.78, 5) is 24.8. The van der Waals surface area contributed by atoms with Crippen LogP contribution in [-0.4, -0.2) is 24.5 Å². The van der Waals surface area contributed by atoms with Crippen LogP contribution in [0.2, 0.25) is 0 Å². The molecule has 0 spiro atoms. The predicted molar refractivity (Wildman–Crippen MR) is 84.9 cm³/mol. The number of ketones is 1. The van der Waals surface area contributed by atoms with Gasteiger partial charge in [0.25, 0.3) is 0 Å². The highest BCUT2D eigenvalue weighted by molar-refractivity contribution is 6.07. The van der Waals surface area contributed by atoms with Gasteiger partial charge < -0.3 is 9.47 Å². The van der Waals surface area contributed by atoms with Gasteiger partial charge in [0.1, 0.15) is 0 Å². The molecule has 0 radical (unpaired) electrons. The van der Waals surface area contributed by atoms with Crippen molar-refractivity contribution >= 4 is 11.8 Å². The minimum absolute atomic E-state index is 0.220. The van der Waals surface area contributed by atoms with E-state index < -0.39 is 24.1 Å². The first kappa shape index (κ1) is 15.4. The molecule has 2 aromatic carbocycles. The van der Waals surface area contributed by atoms with Crippen molar-refractivity contribution in [1.82, 2.24) is 0 Å². The van der Waals surface area contributed by atoms with Gasteiger partial charge in [0.05, 0.1) is 18.6 Å². The number of carbonyl (C=O) groups excluding carboxylic acids is 2. The standard InChI is InChI=1S/C19H18O4/c1-2-22-19(21)18-16(20)15(13-9-5-3-6-10-13)17(23-18)14-11-7-4-8-12-14/h3-12,15,17-18H,2H2,1H3/t15-,17-,18+/m1/s1. The molecule has 0 aliphatic carbocycles. The van der Waals surface area contributed by atoms with Gasteiger partial charge in [-0.15, -0.1) is 0 Å². The van der Waals surface area contributed by atoms with Gasteiger partial charge in [-0.1, -0.05) is 60.7 Å². The predicted octanol–water partition coefficient (Wildman–Crippen LogP) is 3.04. The van der Waals surface area contributed by atoms with Crippen LogP contribution in [-0.2, 0) is 19.1 Å². The number of Topliss-reactive ketones (excluding diaryl/α,β-unsaturated/α-hetero) is 1. The van der Waals surface area contributed by atoms with E-state index in [0.717, 1.165) is 11.1 Å². The lowest BCUT2D eigenvalue weighted by molar-refractivity contribution is -0.158. The summed E-state index contributed by atoms with van der Waals surface area (Å²) in [6.45, 7) is 1.93. The van der Waals surface area contributed by atoms with Gasteiger partial charge in [-0.3, -0.25) is 4.79 Å². The summed E-state index contributed by atoms with van der Waals surface area (Å²) in [6, 6.07) is 18.9. The first-order valence-corrected chi connectivity index (χ1v) is 7.68. The molecule has 0 aromatic heterocycles.